The van der Waals surface area contributed by atoms with E-state index in [0.29, 0.717) is 5.41 Å². The molecule has 1 saturated carbocycles. The molecule has 0 radical (unpaired) electrons. The Morgan fingerprint density at radius 3 is 2.50 bits per heavy atom. The number of nitrogens with two attached hydrogens (primary N) is 1. The maximum absolute atomic E-state index is 6.75. The van der Waals surface area contributed by atoms with Gasteiger partial charge in [-0.05, 0) is 48.1 Å². The summed E-state index contributed by atoms with van der Waals surface area (Å²) in [6, 6.07) is 9.24. The van der Waals surface area contributed by atoms with Crippen LogP contribution >= 0.6 is 0 Å². The lowest BCUT2D eigenvalue weighted by atomic mass is 9.70. The van der Waals surface area contributed by atoms with Crippen molar-refractivity contribution >= 4 is 0 Å². The van der Waals surface area contributed by atoms with E-state index in [-0.39, 0.29) is 6.04 Å². The highest BCUT2D eigenvalue weighted by Crippen LogP contribution is 2.50. The summed E-state index contributed by atoms with van der Waals surface area (Å²) in [5.41, 5.74) is 9.90. The Kier molecular flexibility index (Phi) is 5.26. The normalized spacial score (nSPS) is 19.4. The van der Waals surface area contributed by atoms with Crippen LogP contribution in [0.5, 0.6) is 0 Å². The Bertz CT molecular complexity index is 416. The van der Waals surface area contributed by atoms with Crippen LogP contribution < -0.4 is 5.73 Å². The third-order valence-electron chi connectivity index (χ3n) is 4.92. The van der Waals surface area contributed by atoms with E-state index in [1.54, 1.807) is 0 Å². The minimum Gasteiger partial charge on any atom is -0.323 e. The lowest BCUT2D eigenvalue weighted by Crippen LogP contribution is -2.33. The van der Waals surface area contributed by atoms with Crippen molar-refractivity contribution in [1.82, 2.24) is 0 Å². The topological polar surface area (TPSA) is 26.0 Å². The van der Waals surface area contributed by atoms with Gasteiger partial charge in [-0.3, -0.25) is 0 Å². The number of hydrogen-bond acceptors (Lipinski definition) is 1. The highest BCUT2D eigenvalue weighted by Gasteiger charge is 2.40. The minimum absolute atomic E-state index is 0.212. The molecule has 112 valence electrons. The summed E-state index contributed by atoms with van der Waals surface area (Å²) in [6.07, 6.45) is 8.97. The quantitative estimate of drug-likeness (QED) is 0.753. The van der Waals surface area contributed by atoms with E-state index in [0.717, 1.165) is 12.3 Å². The summed E-state index contributed by atoms with van der Waals surface area (Å²) in [5.74, 6) is 0.734. The van der Waals surface area contributed by atoms with E-state index in [2.05, 4.69) is 45.0 Å². The molecule has 1 aromatic rings. The van der Waals surface area contributed by atoms with Crippen molar-refractivity contribution in [2.45, 2.75) is 71.8 Å². The number of rotatable bonds is 6. The van der Waals surface area contributed by atoms with Crippen molar-refractivity contribution in [2.24, 2.45) is 17.1 Å². The monoisotopic (exact) mass is 273 g/mol. The van der Waals surface area contributed by atoms with Gasteiger partial charge in [0.25, 0.3) is 0 Å². The highest BCUT2D eigenvalue weighted by atomic mass is 14.7. The molecule has 1 atom stereocenters. The molecule has 1 aromatic carbocycles. The van der Waals surface area contributed by atoms with Crippen LogP contribution in [-0.4, -0.2) is 0 Å². The fourth-order valence-corrected chi connectivity index (χ4v) is 4.12. The van der Waals surface area contributed by atoms with Crippen molar-refractivity contribution in [2.75, 3.05) is 0 Å². The Morgan fingerprint density at radius 2 is 1.90 bits per heavy atom. The van der Waals surface area contributed by atoms with Crippen molar-refractivity contribution in [3.63, 3.8) is 0 Å². The van der Waals surface area contributed by atoms with Gasteiger partial charge in [-0.1, -0.05) is 64.3 Å². The molecule has 1 aliphatic rings. The predicted octanol–water partition coefficient (Wildman–Crippen LogP) is 5.25. The average Bonchev–Trinajstić information content (AvgIpc) is 2.87. The van der Waals surface area contributed by atoms with Gasteiger partial charge in [0.05, 0.1) is 0 Å². The molecule has 0 heterocycles. The summed E-state index contributed by atoms with van der Waals surface area (Å²) in [6.45, 7) is 6.91. The van der Waals surface area contributed by atoms with E-state index in [9.17, 15) is 0 Å². The molecular weight excluding hydrogens is 242 g/mol. The van der Waals surface area contributed by atoms with Gasteiger partial charge in [-0.25, -0.2) is 0 Å². The van der Waals surface area contributed by atoms with Crippen LogP contribution in [0.2, 0.25) is 0 Å². The summed E-state index contributed by atoms with van der Waals surface area (Å²) in [7, 11) is 0. The van der Waals surface area contributed by atoms with Gasteiger partial charge in [-0.2, -0.15) is 0 Å². The lowest BCUT2D eigenvalue weighted by molar-refractivity contribution is 0.183. The minimum atomic E-state index is 0.212. The smallest absolute Gasteiger partial charge is 0.0352 e. The number of aryl methyl sites for hydroxylation is 1. The van der Waals surface area contributed by atoms with E-state index in [4.69, 9.17) is 5.73 Å². The molecule has 1 unspecified atom stereocenters. The van der Waals surface area contributed by atoms with Crippen LogP contribution in [0.4, 0.5) is 0 Å². The molecule has 20 heavy (non-hydrogen) atoms. The first-order chi connectivity index (χ1) is 9.57. The first-order valence-corrected chi connectivity index (χ1v) is 8.42. The zero-order valence-corrected chi connectivity index (χ0v) is 13.5. The Hall–Kier alpha value is -0.820. The lowest BCUT2D eigenvalue weighted by Gasteiger charge is -2.37. The Morgan fingerprint density at radius 1 is 1.20 bits per heavy atom. The zero-order valence-electron chi connectivity index (χ0n) is 13.5. The summed E-state index contributed by atoms with van der Waals surface area (Å²) in [5, 5.41) is 0. The molecule has 0 amide bonds. The van der Waals surface area contributed by atoms with Crippen LogP contribution in [-0.2, 0) is 6.42 Å². The van der Waals surface area contributed by atoms with Gasteiger partial charge in [0.1, 0.15) is 0 Å². The van der Waals surface area contributed by atoms with Gasteiger partial charge >= 0.3 is 0 Å². The number of hydrogen-bond donors (Lipinski definition) is 1. The molecule has 1 aliphatic carbocycles. The molecule has 0 aromatic heterocycles. The standard InChI is InChI=1S/C19H31N/c1-4-8-16-9-7-10-17(13-16)18(20)19(14-15(2)3)11-5-6-12-19/h7,9-10,13,15,18H,4-6,8,11-12,14,20H2,1-3H3. The maximum Gasteiger partial charge on any atom is 0.0352 e. The second kappa shape index (κ2) is 6.76. The molecule has 1 nitrogen and oxygen atoms in total. The van der Waals surface area contributed by atoms with Gasteiger partial charge < -0.3 is 5.73 Å². The van der Waals surface area contributed by atoms with Gasteiger partial charge in [0, 0.05) is 6.04 Å². The van der Waals surface area contributed by atoms with E-state index >= 15 is 0 Å². The summed E-state index contributed by atoms with van der Waals surface area (Å²) in [4.78, 5) is 0. The van der Waals surface area contributed by atoms with Crippen LogP contribution in [0.3, 0.4) is 0 Å². The van der Waals surface area contributed by atoms with Crippen LogP contribution in [0.15, 0.2) is 24.3 Å². The van der Waals surface area contributed by atoms with E-state index in [1.165, 1.54) is 49.7 Å². The number of benzene rings is 1. The molecule has 0 bridgehead atoms. The molecule has 2 N–H and O–H groups in total. The fraction of sp³-hybridized carbons (Fsp3) is 0.684. The van der Waals surface area contributed by atoms with Crippen molar-refractivity contribution < 1.29 is 0 Å². The van der Waals surface area contributed by atoms with Crippen molar-refractivity contribution in [3.8, 4) is 0 Å². The maximum atomic E-state index is 6.75. The Labute approximate surface area is 125 Å². The van der Waals surface area contributed by atoms with E-state index in [1.807, 2.05) is 0 Å². The molecule has 0 aliphatic heterocycles. The van der Waals surface area contributed by atoms with Gasteiger partial charge in [0.15, 0.2) is 0 Å². The van der Waals surface area contributed by atoms with E-state index < -0.39 is 0 Å². The third-order valence-corrected chi connectivity index (χ3v) is 4.92. The fourth-order valence-electron chi connectivity index (χ4n) is 4.12. The zero-order chi connectivity index (χ0) is 14.6. The Balaban J connectivity index is 2.23. The molecule has 2 rings (SSSR count). The third kappa shape index (κ3) is 3.44. The SMILES string of the molecule is CCCc1cccc(C(N)C2(CC(C)C)CCCC2)c1. The van der Waals surface area contributed by atoms with Gasteiger partial charge in [-0.15, -0.1) is 0 Å². The van der Waals surface area contributed by atoms with Crippen LogP contribution in [0, 0.1) is 11.3 Å². The van der Waals surface area contributed by atoms with Crippen LogP contribution in [0.1, 0.15) is 76.5 Å². The summed E-state index contributed by atoms with van der Waals surface area (Å²) < 4.78 is 0. The largest absolute Gasteiger partial charge is 0.323 e. The predicted molar refractivity (Wildman–Crippen MR) is 87.7 cm³/mol. The van der Waals surface area contributed by atoms with Gasteiger partial charge in [0.2, 0.25) is 0 Å². The molecule has 0 saturated heterocycles. The van der Waals surface area contributed by atoms with Crippen molar-refractivity contribution in [1.29, 1.82) is 0 Å². The molecule has 0 spiro atoms. The second-order valence-corrected chi connectivity index (χ2v) is 7.14. The molecule has 1 fully saturated rings. The average molecular weight is 273 g/mol. The first-order valence-electron chi connectivity index (χ1n) is 8.42. The first kappa shape index (κ1) is 15.6. The highest BCUT2D eigenvalue weighted by molar-refractivity contribution is 5.28. The molecular formula is C19H31N. The summed E-state index contributed by atoms with van der Waals surface area (Å²) >= 11 is 0. The van der Waals surface area contributed by atoms with Crippen LogP contribution in [0.25, 0.3) is 0 Å². The second-order valence-electron chi connectivity index (χ2n) is 7.14. The van der Waals surface area contributed by atoms with Crippen molar-refractivity contribution in [3.05, 3.63) is 35.4 Å². The molecule has 1 heteroatoms.